The molecule has 46 heavy (non-hydrogen) atoms. The van der Waals surface area contributed by atoms with Crippen LogP contribution in [0.25, 0.3) is 87.6 Å². The van der Waals surface area contributed by atoms with E-state index in [0.29, 0.717) is 0 Å². The third kappa shape index (κ3) is 4.30. The molecule has 0 saturated heterocycles. The summed E-state index contributed by atoms with van der Waals surface area (Å²) in [7, 11) is 0. The second-order valence-corrected chi connectivity index (χ2v) is 12.1. The Labute approximate surface area is 268 Å². The van der Waals surface area contributed by atoms with Crippen LogP contribution < -0.4 is 0 Å². The van der Waals surface area contributed by atoms with E-state index in [-0.39, 0.29) is 0 Å². The van der Waals surface area contributed by atoms with Crippen molar-refractivity contribution in [3.05, 3.63) is 182 Å². The van der Waals surface area contributed by atoms with Crippen molar-refractivity contribution in [1.82, 2.24) is 0 Å². The molecule has 0 aliphatic rings. The lowest BCUT2D eigenvalue weighted by atomic mass is 9.82. The van der Waals surface area contributed by atoms with Crippen LogP contribution in [-0.4, -0.2) is 0 Å². The average molecular weight is 583 g/mol. The molecule has 0 aliphatic heterocycles. The highest BCUT2D eigenvalue weighted by Gasteiger charge is 2.20. The van der Waals surface area contributed by atoms with Gasteiger partial charge >= 0.3 is 0 Å². The van der Waals surface area contributed by atoms with Gasteiger partial charge in [0.15, 0.2) is 0 Å². The zero-order chi connectivity index (χ0) is 30.5. The van der Waals surface area contributed by atoms with E-state index in [1.807, 2.05) is 0 Å². The first-order chi connectivity index (χ1) is 22.8. The van der Waals surface area contributed by atoms with Crippen molar-refractivity contribution in [1.29, 1.82) is 0 Å². The second kappa shape index (κ2) is 10.9. The highest BCUT2D eigenvalue weighted by molar-refractivity contribution is 6.28. The summed E-state index contributed by atoms with van der Waals surface area (Å²) >= 11 is 0. The van der Waals surface area contributed by atoms with Crippen LogP contribution in [-0.2, 0) is 0 Å². The smallest absolute Gasteiger partial charge is 0.00141 e. The Morgan fingerprint density at radius 3 is 1.54 bits per heavy atom. The highest BCUT2D eigenvalue weighted by Crippen LogP contribution is 2.48. The summed E-state index contributed by atoms with van der Waals surface area (Å²) in [6, 6.07) is 66.5. The molecule has 0 saturated carbocycles. The van der Waals surface area contributed by atoms with Crippen LogP contribution in [0.1, 0.15) is 0 Å². The first kappa shape index (κ1) is 26.4. The Morgan fingerprint density at radius 2 is 0.761 bits per heavy atom. The quantitative estimate of drug-likeness (QED) is 0.143. The molecule has 9 aromatic rings. The summed E-state index contributed by atoms with van der Waals surface area (Å²) in [6.07, 6.45) is 0. The monoisotopic (exact) mass is 582 g/mol. The molecule has 9 aromatic carbocycles. The molecule has 0 nitrogen and oxygen atoms in total. The standard InChI is InChI=1S/C46H30/c1-2-12-31(13-3-1)33-22-25-35(26-23-33)38-17-8-9-19-40(38)45-42-21-11-10-20-41(42)44(37-27-24-32-14-4-5-16-36(32)30-37)46-39-18-7-6-15-34(39)28-29-43(45)46/h1-30H. The molecule has 0 amide bonds. The Kier molecular flexibility index (Phi) is 6.25. The maximum absolute atomic E-state index is 2.36. The molecular weight excluding hydrogens is 553 g/mol. The molecule has 0 heteroatoms. The number of hydrogen-bond acceptors (Lipinski definition) is 0. The average Bonchev–Trinajstić information content (AvgIpc) is 3.14. The maximum Gasteiger partial charge on any atom is -0.00141 e. The van der Waals surface area contributed by atoms with Crippen molar-refractivity contribution in [2.45, 2.75) is 0 Å². The fourth-order valence-corrected chi connectivity index (χ4v) is 7.31. The molecule has 0 heterocycles. The number of fused-ring (bicyclic) bond motifs is 5. The maximum atomic E-state index is 2.36. The van der Waals surface area contributed by atoms with Crippen LogP contribution in [0.15, 0.2) is 182 Å². The molecule has 9 rings (SSSR count). The van der Waals surface area contributed by atoms with Crippen molar-refractivity contribution in [2.75, 3.05) is 0 Å². The van der Waals surface area contributed by atoms with E-state index in [2.05, 4.69) is 182 Å². The number of benzene rings is 9. The highest BCUT2D eigenvalue weighted by atomic mass is 14.2. The molecule has 214 valence electrons. The fraction of sp³-hybridized carbons (Fsp3) is 0. The van der Waals surface area contributed by atoms with Crippen LogP contribution in [0.5, 0.6) is 0 Å². The van der Waals surface area contributed by atoms with Gasteiger partial charge in [0.1, 0.15) is 0 Å². The largest absolute Gasteiger partial charge is 0.0622 e. The van der Waals surface area contributed by atoms with Gasteiger partial charge in [-0.3, -0.25) is 0 Å². The first-order valence-electron chi connectivity index (χ1n) is 15.9. The van der Waals surface area contributed by atoms with Gasteiger partial charge in [0, 0.05) is 0 Å². The SMILES string of the molecule is c1ccc(-c2ccc(-c3ccccc3-c3c4ccccc4c(-c4ccc5ccccc5c4)c4c3ccc3ccccc34)cc2)cc1. The van der Waals surface area contributed by atoms with Crippen LogP contribution >= 0.6 is 0 Å². The second-order valence-electron chi connectivity index (χ2n) is 12.1. The van der Waals surface area contributed by atoms with Crippen LogP contribution in [0.4, 0.5) is 0 Å². The lowest BCUT2D eigenvalue weighted by Gasteiger charge is -2.21. The number of hydrogen-bond donors (Lipinski definition) is 0. The van der Waals surface area contributed by atoms with E-state index in [4.69, 9.17) is 0 Å². The van der Waals surface area contributed by atoms with E-state index in [9.17, 15) is 0 Å². The van der Waals surface area contributed by atoms with Gasteiger partial charge in [-0.15, -0.1) is 0 Å². The molecular formula is C46H30. The summed E-state index contributed by atoms with van der Waals surface area (Å²) in [5, 5.41) is 10.2. The van der Waals surface area contributed by atoms with Gasteiger partial charge in [-0.1, -0.05) is 176 Å². The fourth-order valence-electron chi connectivity index (χ4n) is 7.31. The van der Waals surface area contributed by atoms with Gasteiger partial charge in [0.2, 0.25) is 0 Å². The van der Waals surface area contributed by atoms with Gasteiger partial charge in [-0.25, -0.2) is 0 Å². The lowest BCUT2D eigenvalue weighted by molar-refractivity contribution is 1.58. The molecule has 0 unspecified atom stereocenters. The normalized spacial score (nSPS) is 11.5. The zero-order valence-corrected chi connectivity index (χ0v) is 25.3. The Hall–Kier alpha value is -5.98. The van der Waals surface area contributed by atoms with E-state index >= 15 is 0 Å². The van der Waals surface area contributed by atoms with Crippen molar-refractivity contribution in [3.8, 4) is 44.5 Å². The minimum Gasteiger partial charge on any atom is -0.0622 e. The van der Waals surface area contributed by atoms with Gasteiger partial charge in [0.25, 0.3) is 0 Å². The van der Waals surface area contributed by atoms with Crippen molar-refractivity contribution in [3.63, 3.8) is 0 Å². The Balaban J connectivity index is 1.36. The van der Waals surface area contributed by atoms with E-state index in [1.165, 1.54) is 87.6 Å². The summed E-state index contributed by atoms with van der Waals surface area (Å²) in [5.74, 6) is 0. The van der Waals surface area contributed by atoms with Crippen molar-refractivity contribution in [2.24, 2.45) is 0 Å². The predicted molar refractivity (Wildman–Crippen MR) is 198 cm³/mol. The first-order valence-corrected chi connectivity index (χ1v) is 15.9. The topological polar surface area (TPSA) is 0 Å². The lowest BCUT2D eigenvalue weighted by Crippen LogP contribution is -1.94. The van der Waals surface area contributed by atoms with Crippen molar-refractivity contribution < 1.29 is 0 Å². The molecule has 0 bridgehead atoms. The van der Waals surface area contributed by atoms with Gasteiger partial charge in [-0.2, -0.15) is 0 Å². The summed E-state index contributed by atoms with van der Waals surface area (Å²) < 4.78 is 0. The van der Waals surface area contributed by atoms with Gasteiger partial charge in [-0.05, 0) is 93.7 Å². The van der Waals surface area contributed by atoms with E-state index in [0.717, 1.165) is 0 Å². The third-order valence-corrected chi connectivity index (χ3v) is 9.45. The molecule has 0 atom stereocenters. The predicted octanol–water partition coefficient (Wildman–Crippen LogP) is 13.0. The molecule has 0 radical (unpaired) electrons. The molecule has 0 N–H and O–H groups in total. The minimum atomic E-state index is 1.21. The summed E-state index contributed by atoms with van der Waals surface area (Å²) in [5.41, 5.74) is 9.97. The molecule has 0 spiro atoms. The van der Waals surface area contributed by atoms with Crippen molar-refractivity contribution >= 4 is 43.1 Å². The van der Waals surface area contributed by atoms with E-state index in [1.54, 1.807) is 0 Å². The van der Waals surface area contributed by atoms with Crippen LogP contribution in [0.3, 0.4) is 0 Å². The zero-order valence-electron chi connectivity index (χ0n) is 25.3. The molecule has 0 aliphatic carbocycles. The minimum absolute atomic E-state index is 1.21. The Morgan fingerprint density at radius 1 is 0.239 bits per heavy atom. The van der Waals surface area contributed by atoms with E-state index < -0.39 is 0 Å². The molecule has 0 fully saturated rings. The number of rotatable bonds is 4. The van der Waals surface area contributed by atoms with Crippen LogP contribution in [0, 0.1) is 0 Å². The molecule has 0 aromatic heterocycles. The summed E-state index contributed by atoms with van der Waals surface area (Å²) in [4.78, 5) is 0. The van der Waals surface area contributed by atoms with Gasteiger partial charge < -0.3 is 0 Å². The van der Waals surface area contributed by atoms with Gasteiger partial charge in [0.05, 0.1) is 0 Å². The Bertz CT molecular complexity index is 2560. The third-order valence-electron chi connectivity index (χ3n) is 9.45. The summed E-state index contributed by atoms with van der Waals surface area (Å²) in [6.45, 7) is 0. The van der Waals surface area contributed by atoms with Crippen LogP contribution in [0.2, 0.25) is 0 Å².